The molecule has 2 aromatic heterocycles. The molecule has 0 bridgehead atoms. The van der Waals surface area contributed by atoms with Crippen LogP contribution in [0.25, 0.3) is 82.1 Å². The Morgan fingerprint density at radius 1 is 0.500 bits per heavy atom. The van der Waals surface area contributed by atoms with Gasteiger partial charge in [0.25, 0.3) is 0 Å². The minimum Gasteiger partial charge on any atom is -0.309 e. The Labute approximate surface area is 277 Å². The van der Waals surface area contributed by atoms with Crippen molar-refractivity contribution in [3.63, 3.8) is 0 Å². The van der Waals surface area contributed by atoms with E-state index in [9.17, 15) is 5.26 Å². The van der Waals surface area contributed by atoms with E-state index in [1.54, 1.807) is 0 Å². The summed E-state index contributed by atoms with van der Waals surface area (Å²) in [6.07, 6.45) is 0. The number of nitriles is 1. The van der Waals surface area contributed by atoms with Crippen LogP contribution in [0.3, 0.4) is 0 Å². The van der Waals surface area contributed by atoms with Crippen molar-refractivity contribution < 1.29 is 0 Å². The molecule has 0 aliphatic heterocycles. The first-order chi connectivity index (χ1) is 23.7. The van der Waals surface area contributed by atoms with Crippen molar-refractivity contribution >= 4 is 49.3 Å². The highest BCUT2D eigenvalue weighted by atomic mass is 15.0. The summed E-state index contributed by atoms with van der Waals surface area (Å²) >= 11 is 0. The van der Waals surface area contributed by atoms with E-state index < -0.39 is 0 Å². The van der Waals surface area contributed by atoms with Gasteiger partial charge < -0.3 is 9.13 Å². The molecule has 7 aromatic carbocycles. The first-order valence-electron chi connectivity index (χ1n) is 15.9. The van der Waals surface area contributed by atoms with E-state index in [4.69, 9.17) is 6.57 Å². The van der Waals surface area contributed by atoms with Crippen molar-refractivity contribution in [1.82, 2.24) is 9.13 Å². The second kappa shape index (κ2) is 10.9. The number of aromatic nitrogens is 2. The fourth-order valence-electron chi connectivity index (χ4n) is 7.32. The molecule has 0 fully saturated rings. The normalized spacial score (nSPS) is 11.3. The van der Waals surface area contributed by atoms with Crippen LogP contribution in [0.4, 0.5) is 5.69 Å². The van der Waals surface area contributed by atoms with E-state index in [-0.39, 0.29) is 0 Å². The Morgan fingerprint density at radius 2 is 1.10 bits per heavy atom. The van der Waals surface area contributed by atoms with Crippen LogP contribution in [0, 0.1) is 17.9 Å². The number of fused-ring (bicyclic) bond motifs is 6. The Balaban J connectivity index is 1.24. The van der Waals surface area contributed by atoms with Crippen LogP contribution >= 0.6 is 0 Å². The van der Waals surface area contributed by atoms with Crippen LogP contribution in [0.15, 0.2) is 158 Å². The van der Waals surface area contributed by atoms with Gasteiger partial charge in [0.05, 0.1) is 46.0 Å². The third kappa shape index (κ3) is 4.07. The number of nitrogens with zero attached hydrogens (tertiary/aromatic N) is 4. The van der Waals surface area contributed by atoms with Crippen molar-refractivity contribution in [2.24, 2.45) is 0 Å². The SMILES string of the molecule is [C-]#[N+]c1ccc(-c2cccc(-n3c4ccccc4c4c(C#N)cccc43)c2)cc1-c1ccccc1-n1c2ccccc2c2ccccc21. The van der Waals surface area contributed by atoms with Gasteiger partial charge in [0.2, 0.25) is 0 Å². The molecule has 0 N–H and O–H groups in total. The van der Waals surface area contributed by atoms with Gasteiger partial charge in [-0.05, 0) is 70.8 Å². The lowest BCUT2D eigenvalue weighted by Gasteiger charge is -2.16. The third-order valence-corrected chi connectivity index (χ3v) is 9.39. The highest BCUT2D eigenvalue weighted by Gasteiger charge is 2.18. The number of benzene rings is 7. The van der Waals surface area contributed by atoms with E-state index in [0.29, 0.717) is 11.3 Å². The Morgan fingerprint density at radius 3 is 1.83 bits per heavy atom. The summed E-state index contributed by atoms with van der Waals surface area (Å²) in [6.45, 7) is 8.12. The molecule has 0 radical (unpaired) electrons. The molecule has 9 aromatic rings. The summed E-state index contributed by atoms with van der Waals surface area (Å²) in [5.74, 6) is 0. The summed E-state index contributed by atoms with van der Waals surface area (Å²) < 4.78 is 4.56. The van der Waals surface area contributed by atoms with Crippen LogP contribution in [0.5, 0.6) is 0 Å². The molecule has 0 aliphatic rings. The number of para-hydroxylation sites is 4. The van der Waals surface area contributed by atoms with Gasteiger partial charge in [-0.1, -0.05) is 109 Å². The van der Waals surface area contributed by atoms with Crippen LogP contribution < -0.4 is 0 Å². The van der Waals surface area contributed by atoms with E-state index >= 15 is 0 Å². The Bertz CT molecular complexity index is 2760. The maximum absolute atomic E-state index is 9.93. The van der Waals surface area contributed by atoms with Crippen molar-refractivity contribution in [1.29, 1.82) is 5.26 Å². The molecule has 0 unspecified atom stereocenters. The smallest absolute Gasteiger partial charge is 0.195 e. The number of rotatable bonds is 4. The first-order valence-corrected chi connectivity index (χ1v) is 15.9. The van der Waals surface area contributed by atoms with Gasteiger partial charge in [-0.3, -0.25) is 0 Å². The van der Waals surface area contributed by atoms with E-state index in [0.717, 1.165) is 66.5 Å². The predicted octanol–water partition coefficient (Wildman–Crippen LogP) is 11.6. The van der Waals surface area contributed by atoms with Crippen molar-refractivity contribution in [3.8, 4) is 39.7 Å². The van der Waals surface area contributed by atoms with E-state index in [2.05, 4.69) is 135 Å². The molecule has 0 saturated heterocycles. The second-order valence-electron chi connectivity index (χ2n) is 11.9. The molecule has 4 nitrogen and oxygen atoms in total. The topological polar surface area (TPSA) is 38.0 Å². The molecule has 0 aliphatic carbocycles. The zero-order valence-electron chi connectivity index (χ0n) is 25.8. The second-order valence-corrected chi connectivity index (χ2v) is 11.9. The van der Waals surface area contributed by atoms with Crippen LogP contribution in [0.2, 0.25) is 0 Å². The van der Waals surface area contributed by atoms with Crippen LogP contribution in [-0.4, -0.2) is 9.13 Å². The zero-order valence-corrected chi connectivity index (χ0v) is 25.8. The van der Waals surface area contributed by atoms with Gasteiger partial charge in [-0.15, -0.1) is 0 Å². The highest BCUT2D eigenvalue weighted by Crippen LogP contribution is 2.41. The molecule has 222 valence electrons. The average molecular weight is 611 g/mol. The third-order valence-electron chi connectivity index (χ3n) is 9.39. The van der Waals surface area contributed by atoms with Gasteiger partial charge >= 0.3 is 0 Å². The lowest BCUT2D eigenvalue weighted by atomic mass is 9.96. The first kappa shape index (κ1) is 27.4. The molecule has 0 saturated carbocycles. The van der Waals surface area contributed by atoms with Gasteiger partial charge in [0.1, 0.15) is 0 Å². The van der Waals surface area contributed by atoms with Crippen molar-refractivity contribution in [2.45, 2.75) is 0 Å². The zero-order chi connectivity index (χ0) is 32.2. The molecule has 48 heavy (non-hydrogen) atoms. The van der Waals surface area contributed by atoms with Crippen LogP contribution in [0.1, 0.15) is 5.56 Å². The molecule has 0 atom stereocenters. The lowest BCUT2D eigenvalue weighted by molar-refractivity contribution is 1.18. The van der Waals surface area contributed by atoms with Gasteiger partial charge in [0, 0.05) is 27.2 Å². The molecular weight excluding hydrogens is 585 g/mol. The Kier molecular flexibility index (Phi) is 6.22. The van der Waals surface area contributed by atoms with Crippen molar-refractivity contribution in [2.75, 3.05) is 0 Å². The van der Waals surface area contributed by atoms with E-state index in [1.807, 2.05) is 42.5 Å². The average Bonchev–Trinajstić information content (AvgIpc) is 3.68. The maximum Gasteiger partial charge on any atom is 0.195 e. The number of hydrogen-bond donors (Lipinski definition) is 0. The fraction of sp³-hybridized carbons (Fsp3) is 0. The maximum atomic E-state index is 9.93. The molecule has 4 heteroatoms. The molecule has 0 amide bonds. The molecule has 0 spiro atoms. The lowest BCUT2D eigenvalue weighted by Crippen LogP contribution is -1.97. The highest BCUT2D eigenvalue weighted by molar-refractivity contribution is 6.12. The van der Waals surface area contributed by atoms with Crippen LogP contribution in [-0.2, 0) is 0 Å². The minimum atomic E-state index is 0.606. The summed E-state index contributed by atoms with van der Waals surface area (Å²) in [5, 5.41) is 14.4. The van der Waals surface area contributed by atoms with Gasteiger partial charge in [-0.2, -0.15) is 5.26 Å². The Hall–Kier alpha value is -6.88. The van der Waals surface area contributed by atoms with Crippen molar-refractivity contribution in [3.05, 3.63) is 175 Å². The largest absolute Gasteiger partial charge is 0.309 e. The monoisotopic (exact) mass is 610 g/mol. The predicted molar refractivity (Wildman–Crippen MR) is 197 cm³/mol. The molecular formula is C44H26N4. The molecule has 9 rings (SSSR count). The summed E-state index contributed by atoms with van der Waals surface area (Å²) in [6, 6.07) is 56.6. The summed E-state index contributed by atoms with van der Waals surface area (Å²) in [7, 11) is 0. The standard InChI is InChI=1S/C44H26N4/c1-46-38-25-24-30(29-12-10-14-32(26-29)47-42-22-9-5-18-36(42)44-31(28-45)13-11-23-43(44)47)27-37(38)35-17-4-8-21-41(35)48-39-19-6-2-15-33(39)34-16-3-7-20-40(34)48/h2-27H. The summed E-state index contributed by atoms with van der Waals surface area (Å²) in [5.41, 5.74) is 11.6. The minimum absolute atomic E-state index is 0.606. The van der Waals surface area contributed by atoms with Gasteiger partial charge in [-0.25, -0.2) is 4.85 Å². The quantitative estimate of drug-likeness (QED) is 0.183. The number of hydrogen-bond acceptors (Lipinski definition) is 1. The molecule has 2 heterocycles. The fourth-order valence-corrected chi connectivity index (χ4v) is 7.32. The van der Waals surface area contributed by atoms with E-state index in [1.165, 1.54) is 10.8 Å². The van der Waals surface area contributed by atoms with Gasteiger partial charge in [0.15, 0.2) is 5.69 Å². The summed E-state index contributed by atoms with van der Waals surface area (Å²) in [4.78, 5) is 3.98.